The van der Waals surface area contributed by atoms with Crippen molar-refractivity contribution in [2.45, 2.75) is 16.3 Å². The SMILES string of the molecule is O=C(N(CCN1CCOCC1)Cc1cccc2ccccc12)N1c2ccccc2Sc2ccccc21. The van der Waals surface area contributed by atoms with E-state index in [1.165, 1.54) is 10.8 Å². The van der Waals surface area contributed by atoms with Gasteiger partial charge in [-0.3, -0.25) is 9.80 Å². The molecule has 2 heterocycles. The minimum absolute atomic E-state index is 0.0105. The fraction of sp³-hybridized carbons (Fsp3) is 0.233. The number of hydrogen-bond donors (Lipinski definition) is 0. The largest absolute Gasteiger partial charge is 0.379 e. The number of carbonyl (C=O) groups is 1. The van der Waals surface area contributed by atoms with E-state index in [9.17, 15) is 4.79 Å². The van der Waals surface area contributed by atoms with Gasteiger partial charge in [-0.15, -0.1) is 0 Å². The summed E-state index contributed by atoms with van der Waals surface area (Å²) in [7, 11) is 0. The highest BCUT2D eigenvalue weighted by molar-refractivity contribution is 7.99. The van der Waals surface area contributed by atoms with Gasteiger partial charge in [-0.2, -0.15) is 0 Å². The number of nitrogens with zero attached hydrogens (tertiary/aromatic N) is 3. The van der Waals surface area contributed by atoms with Crippen LogP contribution in [0.4, 0.5) is 16.2 Å². The third-order valence-electron chi connectivity index (χ3n) is 6.93. The van der Waals surface area contributed by atoms with E-state index >= 15 is 0 Å². The van der Waals surface area contributed by atoms with Gasteiger partial charge in [0.1, 0.15) is 0 Å². The lowest BCUT2D eigenvalue weighted by Crippen LogP contribution is -2.46. The molecule has 0 saturated carbocycles. The number of fused-ring (bicyclic) bond motifs is 3. The number of hydrogen-bond acceptors (Lipinski definition) is 4. The fourth-order valence-corrected chi connectivity index (χ4v) is 6.08. The molecule has 0 spiro atoms. The zero-order valence-corrected chi connectivity index (χ0v) is 21.0. The summed E-state index contributed by atoms with van der Waals surface area (Å²) in [5.74, 6) is 0. The lowest BCUT2D eigenvalue weighted by molar-refractivity contribution is 0.0348. The molecule has 5 nitrogen and oxygen atoms in total. The number of rotatable bonds is 5. The van der Waals surface area contributed by atoms with Crippen molar-refractivity contribution in [3.63, 3.8) is 0 Å². The average Bonchev–Trinajstić information content (AvgIpc) is 2.94. The number of urea groups is 1. The number of para-hydroxylation sites is 2. The smallest absolute Gasteiger partial charge is 0.329 e. The normalized spacial score (nSPS) is 15.4. The minimum atomic E-state index is 0.0105. The van der Waals surface area contributed by atoms with Gasteiger partial charge < -0.3 is 9.64 Å². The Morgan fingerprint density at radius 2 is 1.44 bits per heavy atom. The molecule has 0 radical (unpaired) electrons. The Balaban J connectivity index is 1.37. The van der Waals surface area contributed by atoms with Gasteiger partial charge in [-0.25, -0.2) is 4.79 Å². The standard InChI is InChI=1S/C30H29N3O2S/c34-30(33-26-12-3-5-14-28(26)36-29-15-6-4-13-27(29)33)32(17-16-31-18-20-35-21-19-31)22-24-10-7-9-23-8-1-2-11-25(23)24/h1-15H,16-22H2. The molecule has 2 aliphatic rings. The van der Waals surface area contributed by atoms with E-state index in [1.807, 2.05) is 46.2 Å². The molecular formula is C30H29N3O2S. The first-order valence-corrected chi connectivity index (χ1v) is 13.3. The van der Waals surface area contributed by atoms with Crippen molar-refractivity contribution in [2.24, 2.45) is 0 Å². The van der Waals surface area contributed by atoms with E-state index in [0.717, 1.165) is 59.6 Å². The molecule has 6 rings (SSSR count). The van der Waals surface area contributed by atoms with E-state index < -0.39 is 0 Å². The zero-order valence-electron chi connectivity index (χ0n) is 20.2. The quantitative estimate of drug-likeness (QED) is 0.321. The molecule has 4 aromatic rings. The Bertz CT molecular complexity index is 1330. The highest BCUT2D eigenvalue weighted by atomic mass is 32.2. The van der Waals surface area contributed by atoms with Crippen molar-refractivity contribution >= 4 is 39.9 Å². The van der Waals surface area contributed by atoms with Crippen LogP contribution in [0.1, 0.15) is 5.56 Å². The first kappa shape index (κ1) is 23.1. The van der Waals surface area contributed by atoms with Crippen LogP contribution in [0.3, 0.4) is 0 Å². The summed E-state index contributed by atoms with van der Waals surface area (Å²) in [6, 6.07) is 31.2. The van der Waals surface area contributed by atoms with Crippen LogP contribution in [0.5, 0.6) is 0 Å². The molecule has 0 unspecified atom stereocenters. The second-order valence-corrected chi connectivity index (χ2v) is 10.3. The Morgan fingerprint density at radius 1 is 0.806 bits per heavy atom. The molecule has 0 aliphatic carbocycles. The Labute approximate surface area is 216 Å². The average molecular weight is 496 g/mol. The van der Waals surface area contributed by atoms with Gasteiger partial charge in [0.2, 0.25) is 0 Å². The number of anilines is 2. The first-order valence-electron chi connectivity index (χ1n) is 12.5. The van der Waals surface area contributed by atoms with Crippen LogP contribution in [0.15, 0.2) is 101 Å². The van der Waals surface area contributed by atoms with Gasteiger partial charge in [-0.1, -0.05) is 78.5 Å². The molecule has 36 heavy (non-hydrogen) atoms. The second kappa shape index (κ2) is 10.3. The highest BCUT2D eigenvalue weighted by Crippen LogP contribution is 2.48. The van der Waals surface area contributed by atoms with Crippen molar-refractivity contribution in [1.82, 2.24) is 9.80 Å². The number of benzene rings is 4. The molecule has 0 aromatic heterocycles. The maximum Gasteiger partial charge on any atom is 0.329 e. The van der Waals surface area contributed by atoms with Crippen molar-refractivity contribution < 1.29 is 9.53 Å². The maximum absolute atomic E-state index is 14.4. The van der Waals surface area contributed by atoms with E-state index in [1.54, 1.807) is 11.8 Å². The minimum Gasteiger partial charge on any atom is -0.379 e. The first-order chi connectivity index (χ1) is 17.8. The number of morpholine rings is 1. The fourth-order valence-electron chi connectivity index (χ4n) is 5.02. The molecule has 2 amide bonds. The topological polar surface area (TPSA) is 36.0 Å². The summed E-state index contributed by atoms with van der Waals surface area (Å²) in [4.78, 5) is 22.9. The second-order valence-electron chi connectivity index (χ2n) is 9.17. The highest BCUT2D eigenvalue weighted by Gasteiger charge is 2.31. The zero-order chi connectivity index (χ0) is 24.3. The van der Waals surface area contributed by atoms with Crippen molar-refractivity contribution in [3.8, 4) is 0 Å². The van der Waals surface area contributed by atoms with Crippen LogP contribution in [-0.4, -0.2) is 55.2 Å². The summed E-state index contributed by atoms with van der Waals surface area (Å²) in [5, 5.41) is 2.39. The molecule has 2 aliphatic heterocycles. The van der Waals surface area contributed by atoms with E-state index in [0.29, 0.717) is 13.1 Å². The van der Waals surface area contributed by atoms with E-state index in [4.69, 9.17) is 4.74 Å². The van der Waals surface area contributed by atoms with Crippen LogP contribution in [0.2, 0.25) is 0 Å². The summed E-state index contributed by atoms with van der Waals surface area (Å²) >= 11 is 1.72. The van der Waals surface area contributed by atoms with Gasteiger partial charge in [-0.05, 0) is 40.6 Å². The monoisotopic (exact) mass is 495 g/mol. The van der Waals surface area contributed by atoms with Crippen LogP contribution in [-0.2, 0) is 11.3 Å². The number of carbonyl (C=O) groups excluding carboxylic acids is 1. The van der Waals surface area contributed by atoms with Gasteiger partial charge in [0.05, 0.1) is 24.6 Å². The van der Waals surface area contributed by atoms with Crippen molar-refractivity contribution in [2.75, 3.05) is 44.3 Å². The third kappa shape index (κ3) is 4.60. The number of amides is 2. The molecule has 0 bridgehead atoms. The van der Waals surface area contributed by atoms with Gasteiger partial charge in [0.15, 0.2) is 0 Å². The van der Waals surface area contributed by atoms with Crippen LogP contribution in [0.25, 0.3) is 10.8 Å². The van der Waals surface area contributed by atoms with Crippen molar-refractivity contribution in [1.29, 1.82) is 0 Å². The van der Waals surface area contributed by atoms with E-state index in [2.05, 4.69) is 59.5 Å². The molecule has 182 valence electrons. The maximum atomic E-state index is 14.4. The summed E-state index contributed by atoms with van der Waals surface area (Å²) in [6.45, 7) is 5.34. The predicted molar refractivity (Wildman–Crippen MR) is 146 cm³/mol. The predicted octanol–water partition coefficient (Wildman–Crippen LogP) is 6.40. The molecule has 4 aromatic carbocycles. The molecule has 0 atom stereocenters. The number of ether oxygens (including phenoxy) is 1. The van der Waals surface area contributed by atoms with Crippen molar-refractivity contribution in [3.05, 3.63) is 96.6 Å². The third-order valence-corrected chi connectivity index (χ3v) is 8.06. The van der Waals surface area contributed by atoms with Crippen LogP contribution >= 0.6 is 11.8 Å². The van der Waals surface area contributed by atoms with Crippen LogP contribution < -0.4 is 4.90 Å². The Kier molecular flexibility index (Phi) is 6.64. The van der Waals surface area contributed by atoms with E-state index in [-0.39, 0.29) is 6.03 Å². The van der Waals surface area contributed by atoms with Gasteiger partial charge >= 0.3 is 6.03 Å². The lowest BCUT2D eigenvalue weighted by atomic mass is 10.0. The van der Waals surface area contributed by atoms with Gasteiger partial charge in [0.25, 0.3) is 0 Å². The summed E-state index contributed by atoms with van der Waals surface area (Å²) < 4.78 is 5.54. The Hall–Kier alpha value is -3.32. The van der Waals surface area contributed by atoms with Crippen LogP contribution in [0, 0.1) is 0 Å². The molecule has 1 fully saturated rings. The molecular weight excluding hydrogens is 466 g/mol. The van der Waals surface area contributed by atoms with Gasteiger partial charge in [0, 0.05) is 42.5 Å². The lowest BCUT2D eigenvalue weighted by Gasteiger charge is -2.36. The summed E-state index contributed by atoms with van der Waals surface area (Å²) in [6.07, 6.45) is 0. The molecule has 6 heteroatoms. The molecule has 1 saturated heterocycles. The Morgan fingerprint density at radius 3 is 2.19 bits per heavy atom. The summed E-state index contributed by atoms with van der Waals surface area (Å²) in [5.41, 5.74) is 3.05. The molecule has 0 N–H and O–H groups in total.